The highest BCUT2D eigenvalue weighted by Gasteiger charge is 2.11. The highest BCUT2D eigenvalue weighted by atomic mass is 16.3. The monoisotopic (exact) mass is 220 g/mol. The number of hydrogen-bond acceptors (Lipinski definition) is 3. The fourth-order valence-corrected chi connectivity index (χ4v) is 2.25. The van der Waals surface area contributed by atoms with Crippen LogP contribution < -0.4 is 5.73 Å². The molecule has 3 nitrogen and oxygen atoms in total. The van der Waals surface area contributed by atoms with Crippen LogP contribution in [-0.4, -0.2) is 23.1 Å². The van der Waals surface area contributed by atoms with Crippen molar-refractivity contribution in [2.24, 2.45) is 0 Å². The van der Waals surface area contributed by atoms with E-state index < -0.39 is 0 Å². The molecule has 0 spiro atoms. The van der Waals surface area contributed by atoms with Crippen LogP contribution in [0.4, 0.5) is 5.69 Å². The molecule has 0 radical (unpaired) electrons. The molecule has 0 unspecified atom stereocenters. The molecule has 88 valence electrons. The summed E-state index contributed by atoms with van der Waals surface area (Å²) in [4.78, 5) is 2.41. The number of nitrogens with zero attached hydrogens (tertiary/aromatic N) is 1. The van der Waals surface area contributed by atoms with Gasteiger partial charge in [0, 0.05) is 23.9 Å². The fourth-order valence-electron chi connectivity index (χ4n) is 2.25. The maximum atomic E-state index is 9.79. The van der Waals surface area contributed by atoms with Crippen molar-refractivity contribution in [2.75, 3.05) is 18.8 Å². The second kappa shape index (κ2) is 5.21. The molecule has 1 aromatic carbocycles. The maximum Gasteiger partial charge on any atom is 0.122 e. The van der Waals surface area contributed by atoms with Crippen LogP contribution in [0.15, 0.2) is 18.2 Å². The Morgan fingerprint density at radius 2 is 1.81 bits per heavy atom. The van der Waals surface area contributed by atoms with Gasteiger partial charge in [-0.25, -0.2) is 0 Å². The van der Waals surface area contributed by atoms with Gasteiger partial charge in [-0.3, -0.25) is 4.90 Å². The molecule has 0 amide bonds. The zero-order valence-corrected chi connectivity index (χ0v) is 9.65. The molecule has 16 heavy (non-hydrogen) atoms. The van der Waals surface area contributed by atoms with Gasteiger partial charge in [0.1, 0.15) is 5.75 Å². The predicted octanol–water partition coefficient (Wildman–Crippen LogP) is 2.35. The number of phenolic OH excluding ortho intramolecular Hbond substituents is 1. The van der Waals surface area contributed by atoms with Crippen molar-refractivity contribution in [3.05, 3.63) is 23.8 Å². The van der Waals surface area contributed by atoms with Gasteiger partial charge in [0.25, 0.3) is 0 Å². The Balaban J connectivity index is 2.01. The molecule has 1 heterocycles. The lowest BCUT2D eigenvalue weighted by atomic mass is 10.1. The van der Waals surface area contributed by atoms with E-state index in [9.17, 15) is 5.11 Å². The molecule has 1 fully saturated rings. The number of likely N-dealkylation sites (tertiary alicyclic amines) is 1. The van der Waals surface area contributed by atoms with E-state index in [2.05, 4.69) is 4.90 Å². The van der Waals surface area contributed by atoms with Crippen molar-refractivity contribution in [2.45, 2.75) is 32.2 Å². The molecule has 2 rings (SSSR count). The van der Waals surface area contributed by atoms with Crippen LogP contribution in [0.3, 0.4) is 0 Å². The molecule has 0 aromatic heterocycles. The first-order chi connectivity index (χ1) is 7.75. The van der Waals surface area contributed by atoms with Gasteiger partial charge < -0.3 is 10.8 Å². The van der Waals surface area contributed by atoms with E-state index in [1.54, 1.807) is 6.07 Å². The summed E-state index contributed by atoms with van der Waals surface area (Å²) in [5.41, 5.74) is 7.22. The van der Waals surface area contributed by atoms with Crippen molar-refractivity contribution in [3.8, 4) is 5.75 Å². The zero-order chi connectivity index (χ0) is 11.4. The minimum atomic E-state index is 0.323. The predicted molar refractivity (Wildman–Crippen MR) is 66.3 cm³/mol. The first-order valence-corrected chi connectivity index (χ1v) is 6.05. The Kier molecular flexibility index (Phi) is 3.67. The van der Waals surface area contributed by atoms with Crippen LogP contribution in [0.1, 0.15) is 31.2 Å². The smallest absolute Gasteiger partial charge is 0.122 e. The number of nitrogen functional groups attached to an aromatic ring is 1. The third-order valence-corrected chi connectivity index (χ3v) is 3.20. The van der Waals surface area contributed by atoms with Gasteiger partial charge in [0.2, 0.25) is 0 Å². The van der Waals surface area contributed by atoms with Gasteiger partial charge in [-0.2, -0.15) is 0 Å². The molecule has 1 aromatic rings. The van der Waals surface area contributed by atoms with Crippen LogP contribution in [0.5, 0.6) is 5.75 Å². The van der Waals surface area contributed by atoms with Crippen molar-refractivity contribution in [3.63, 3.8) is 0 Å². The topological polar surface area (TPSA) is 49.5 Å². The van der Waals surface area contributed by atoms with Gasteiger partial charge in [-0.05, 0) is 32.0 Å². The fraction of sp³-hybridized carbons (Fsp3) is 0.538. The quantitative estimate of drug-likeness (QED) is 0.752. The van der Waals surface area contributed by atoms with E-state index in [0.717, 1.165) is 25.2 Å². The number of nitrogens with two attached hydrogens (primary N) is 1. The average molecular weight is 220 g/mol. The summed E-state index contributed by atoms with van der Waals surface area (Å²) in [5, 5.41) is 9.79. The number of aromatic hydroxyl groups is 1. The van der Waals surface area contributed by atoms with Crippen LogP contribution >= 0.6 is 0 Å². The number of benzene rings is 1. The average Bonchev–Trinajstić information content (AvgIpc) is 2.51. The highest BCUT2D eigenvalue weighted by molar-refractivity contribution is 5.47. The van der Waals surface area contributed by atoms with E-state index in [0.29, 0.717) is 11.4 Å². The Labute approximate surface area is 96.9 Å². The summed E-state index contributed by atoms with van der Waals surface area (Å²) in [6, 6.07) is 5.41. The molecule has 1 aliphatic rings. The van der Waals surface area contributed by atoms with E-state index in [1.165, 1.54) is 25.7 Å². The van der Waals surface area contributed by atoms with Crippen LogP contribution in [-0.2, 0) is 6.54 Å². The van der Waals surface area contributed by atoms with E-state index in [1.807, 2.05) is 12.1 Å². The molecule has 1 saturated heterocycles. The molecule has 3 heteroatoms. The summed E-state index contributed by atoms with van der Waals surface area (Å²) in [7, 11) is 0. The minimum Gasteiger partial charge on any atom is -0.508 e. The minimum absolute atomic E-state index is 0.323. The van der Waals surface area contributed by atoms with Crippen LogP contribution in [0.25, 0.3) is 0 Å². The maximum absolute atomic E-state index is 9.79. The van der Waals surface area contributed by atoms with Gasteiger partial charge in [0.05, 0.1) is 0 Å². The summed E-state index contributed by atoms with van der Waals surface area (Å²) < 4.78 is 0. The first kappa shape index (κ1) is 11.3. The number of anilines is 1. The molecule has 0 bridgehead atoms. The lowest BCUT2D eigenvalue weighted by molar-refractivity contribution is 0.273. The second-order valence-corrected chi connectivity index (χ2v) is 4.58. The van der Waals surface area contributed by atoms with Gasteiger partial charge in [-0.15, -0.1) is 0 Å². The first-order valence-electron chi connectivity index (χ1n) is 6.05. The van der Waals surface area contributed by atoms with Crippen LogP contribution in [0, 0.1) is 0 Å². The SMILES string of the molecule is Nc1ccc(CN2CCCCCC2)c(O)c1. The summed E-state index contributed by atoms with van der Waals surface area (Å²) in [5.74, 6) is 0.323. The number of hydrogen-bond donors (Lipinski definition) is 2. The third-order valence-electron chi connectivity index (χ3n) is 3.20. The summed E-state index contributed by atoms with van der Waals surface area (Å²) >= 11 is 0. The standard InChI is InChI=1S/C13H20N2O/c14-12-6-5-11(13(16)9-12)10-15-7-3-1-2-4-8-15/h5-6,9,16H,1-4,7-8,10,14H2. The lowest BCUT2D eigenvalue weighted by Gasteiger charge is -2.20. The zero-order valence-electron chi connectivity index (χ0n) is 9.65. The van der Waals surface area contributed by atoms with E-state index >= 15 is 0 Å². The summed E-state index contributed by atoms with van der Waals surface area (Å²) in [6.07, 6.45) is 5.22. The molecule has 0 aliphatic carbocycles. The second-order valence-electron chi connectivity index (χ2n) is 4.58. The molecule has 0 saturated carbocycles. The van der Waals surface area contributed by atoms with Crippen molar-refractivity contribution in [1.29, 1.82) is 0 Å². The Hall–Kier alpha value is -1.22. The molecular weight excluding hydrogens is 200 g/mol. The Bertz CT molecular complexity index is 344. The number of rotatable bonds is 2. The lowest BCUT2D eigenvalue weighted by Crippen LogP contribution is -2.23. The Morgan fingerprint density at radius 3 is 2.44 bits per heavy atom. The molecule has 3 N–H and O–H groups in total. The van der Waals surface area contributed by atoms with Crippen LogP contribution in [0.2, 0.25) is 0 Å². The van der Waals surface area contributed by atoms with Gasteiger partial charge in [-0.1, -0.05) is 18.9 Å². The third kappa shape index (κ3) is 2.89. The number of phenols is 1. The summed E-state index contributed by atoms with van der Waals surface area (Å²) in [6.45, 7) is 3.12. The largest absolute Gasteiger partial charge is 0.508 e. The Morgan fingerprint density at radius 1 is 1.12 bits per heavy atom. The molecule has 0 atom stereocenters. The molecular formula is C13H20N2O. The van der Waals surface area contributed by atoms with Crippen molar-refractivity contribution >= 4 is 5.69 Å². The van der Waals surface area contributed by atoms with Gasteiger partial charge >= 0.3 is 0 Å². The van der Waals surface area contributed by atoms with Crippen molar-refractivity contribution < 1.29 is 5.11 Å². The molecule has 1 aliphatic heterocycles. The van der Waals surface area contributed by atoms with Crippen molar-refractivity contribution in [1.82, 2.24) is 4.90 Å². The van der Waals surface area contributed by atoms with Gasteiger partial charge in [0.15, 0.2) is 0 Å². The normalized spacial score (nSPS) is 18.2. The van der Waals surface area contributed by atoms with E-state index in [4.69, 9.17) is 5.73 Å². The van der Waals surface area contributed by atoms with E-state index in [-0.39, 0.29) is 0 Å². The highest BCUT2D eigenvalue weighted by Crippen LogP contribution is 2.22.